The maximum absolute atomic E-state index is 12.2. The smallest absolute Gasteiger partial charge is 0.163 e. The van der Waals surface area contributed by atoms with Crippen LogP contribution >= 0.6 is 0 Å². The second kappa shape index (κ2) is 11.8. The second-order valence-electron chi connectivity index (χ2n) is 5.72. The number of unbranched alkanes of at least 4 members (excludes halogenated alkanes) is 1. The molecule has 0 N–H and O–H groups in total. The number of benzene rings is 1. The van der Waals surface area contributed by atoms with Crippen molar-refractivity contribution in [2.24, 2.45) is 0 Å². The predicted octanol–water partition coefficient (Wildman–Crippen LogP) is 2.88. The van der Waals surface area contributed by atoms with E-state index in [-0.39, 0.29) is 5.78 Å². The molecule has 0 unspecified atom stereocenters. The van der Waals surface area contributed by atoms with Crippen LogP contribution in [0.3, 0.4) is 0 Å². The summed E-state index contributed by atoms with van der Waals surface area (Å²) in [6.45, 7) is 5.91. The number of ketones is 1. The maximum Gasteiger partial charge on any atom is 0.163 e. The normalized spacial score (nSPS) is 17.3. The Labute approximate surface area is 149 Å². The van der Waals surface area contributed by atoms with Gasteiger partial charge in [-0.2, -0.15) is 0 Å². The van der Waals surface area contributed by atoms with Crippen LogP contribution in [0.1, 0.15) is 36.5 Å². The Balaban J connectivity index is 2.02. The minimum absolute atomic E-state index is 0.126. The van der Waals surface area contributed by atoms with Gasteiger partial charge < -0.3 is 23.7 Å². The molecule has 0 bridgehead atoms. The average molecular weight is 352 g/mol. The lowest BCUT2D eigenvalue weighted by Gasteiger charge is -2.14. The number of carbonyl (C=O) groups excluding carboxylic acids is 1. The first-order valence-electron chi connectivity index (χ1n) is 8.97. The molecule has 0 saturated heterocycles. The maximum atomic E-state index is 12.2. The Morgan fingerprint density at radius 3 is 2.00 bits per heavy atom. The fourth-order valence-electron chi connectivity index (χ4n) is 2.36. The van der Waals surface area contributed by atoms with Gasteiger partial charge in [-0.1, -0.05) is 13.3 Å². The van der Waals surface area contributed by atoms with Gasteiger partial charge >= 0.3 is 0 Å². The second-order valence-corrected chi connectivity index (χ2v) is 5.72. The number of carbonyl (C=O) groups is 1. The van der Waals surface area contributed by atoms with E-state index in [0.717, 1.165) is 12.8 Å². The van der Waals surface area contributed by atoms with Crippen LogP contribution in [0, 0.1) is 0 Å². The molecule has 1 aliphatic rings. The zero-order valence-electron chi connectivity index (χ0n) is 15.0. The summed E-state index contributed by atoms with van der Waals surface area (Å²) in [5.74, 6) is 1.31. The Hall–Kier alpha value is -1.63. The fourth-order valence-corrected chi connectivity index (χ4v) is 2.36. The first kappa shape index (κ1) is 19.7. The highest BCUT2D eigenvalue weighted by Crippen LogP contribution is 2.29. The molecule has 1 aliphatic heterocycles. The van der Waals surface area contributed by atoms with Crippen molar-refractivity contribution in [1.29, 1.82) is 0 Å². The number of Topliss-reactive ketones (excluding diaryl/α,β-unsaturated/α-hetero) is 1. The number of fused-ring (bicyclic) bond motifs is 1. The SMILES string of the molecule is CCCCC(=O)c1ccc2c(c1)OCCOCCOCCOCCO2. The van der Waals surface area contributed by atoms with Gasteiger partial charge in [0.15, 0.2) is 17.3 Å². The van der Waals surface area contributed by atoms with E-state index in [1.807, 2.05) is 0 Å². The van der Waals surface area contributed by atoms with Crippen molar-refractivity contribution in [3.05, 3.63) is 23.8 Å². The summed E-state index contributed by atoms with van der Waals surface area (Å²) in [7, 11) is 0. The van der Waals surface area contributed by atoms with Gasteiger partial charge in [0.05, 0.1) is 39.6 Å². The Morgan fingerprint density at radius 1 is 0.840 bits per heavy atom. The fraction of sp³-hybridized carbons (Fsp3) is 0.632. The van der Waals surface area contributed by atoms with Gasteiger partial charge in [0, 0.05) is 12.0 Å². The molecule has 140 valence electrons. The largest absolute Gasteiger partial charge is 0.487 e. The first-order chi connectivity index (χ1) is 12.3. The van der Waals surface area contributed by atoms with Gasteiger partial charge in [-0.3, -0.25) is 4.79 Å². The molecule has 1 aromatic carbocycles. The minimum atomic E-state index is 0.126. The van der Waals surface area contributed by atoms with E-state index in [0.29, 0.717) is 76.3 Å². The summed E-state index contributed by atoms with van der Waals surface area (Å²) < 4.78 is 27.8. The van der Waals surface area contributed by atoms with Crippen LogP contribution in [-0.2, 0) is 14.2 Å². The topological polar surface area (TPSA) is 63.2 Å². The molecule has 0 aromatic heterocycles. The van der Waals surface area contributed by atoms with Crippen molar-refractivity contribution >= 4 is 5.78 Å². The van der Waals surface area contributed by atoms with Crippen LogP contribution in [0.2, 0.25) is 0 Å². The zero-order valence-corrected chi connectivity index (χ0v) is 15.0. The van der Waals surface area contributed by atoms with Crippen LogP contribution in [-0.4, -0.2) is 58.6 Å². The van der Waals surface area contributed by atoms with E-state index in [2.05, 4.69) is 6.92 Å². The third-order valence-electron chi connectivity index (χ3n) is 3.74. The van der Waals surface area contributed by atoms with E-state index in [1.54, 1.807) is 18.2 Å². The van der Waals surface area contributed by atoms with Gasteiger partial charge in [-0.25, -0.2) is 0 Å². The van der Waals surface area contributed by atoms with Gasteiger partial charge in [0.25, 0.3) is 0 Å². The van der Waals surface area contributed by atoms with Gasteiger partial charge in [-0.05, 0) is 24.6 Å². The lowest BCUT2D eigenvalue weighted by Crippen LogP contribution is -2.13. The van der Waals surface area contributed by atoms with Crippen molar-refractivity contribution in [1.82, 2.24) is 0 Å². The highest BCUT2D eigenvalue weighted by atomic mass is 16.6. The summed E-state index contributed by atoms with van der Waals surface area (Å²) in [6.07, 6.45) is 2.44. The van der Waals surface area contributed by atoms with Crippen LogP contribution in [0.25, 0.3) is 0 Å². The molecule has 0 spiro atoms. The van der Waals surface area contributed by atoms with E-state index in [9.17, 15) is 4.79 Å². The molecule has 0 fully saturated rings. The summed E-state index contributed by atoms with van der Waals surface area (Å²) in [6, 6.07) is 5.34. The molecular weight excluding hydrogens is 324 g/mol. The van der Waals surface area contributed by atoms with Crippen molar-refractivity contribution in [3.8, 4) is 11.5 Å². The standard InChI is InChI=1S/C19H28O6/c1-2-3-4-17(20)16-5-6-18-19(15-16)25-14-12-23-10-8-21-7-9-22-11-13-24-18/h5-6,15H,2-4,7-14H2,1H3. The van der Waals surface area contributed by atoms with E-state index >= 15 is 0 Å². The molecule has 0 aliphatic carbocycles. The quantitative estimate of drug-likeness (QED) is 0.777. The van der Waals surface area contributed by atoms with E-state index in [1.165, 1.54) is 0 Å². The van der Waals surface area contributed by atoms with Gasteiger partial charge in [0.2, 0.25) is 0 Å². The number of hydrogen-bond acceptors (Lipinski definition) is 6. The van der Waals surface area contributed by atoms with Crippen molar-refractivity contribution in [2.75, 3.05) is 52.9 Å². The van der Waals surface area contributed by atoms with Crippen molar-refractivity contribution < 1.29 is 28.5 Å². The van der Waals surface area contributed by atoms with Crippen LogP contribution in [0.5, 0.6) is 11.5 Å². The highest BCUT2D eigenvalue weighted by molar-refractivity contribution is 5.96. The van der Waals surface area contributed by atoms with Crippen LogP contribution in [0.15, 0.2) is 18.2 Å². The van der Waals surface area contributed by atoms with Gasteiger partial charge in [0.1, 0.15) is 13.2 Å². The molecular formula is C19H28O6. The Bertz CT molecular complexity index is 517. The lowest BCUT2D eigenvalue weighted by molar-refractivity contribution is 0.00708. The van der Waals surface area contributed by atoms with Crippen molar-refractivity contribution in [3.63, 3.8) is 0 Å². The number of ether oxygens (including phenoxy) is 5. The minimum Gasteiger partial charge on any atom is -0.487 e. The molecule has 6 nitrogen and oxygen atoms in total. The third kappa shape index (κ3) is 7.42. The Morgan fingerprint density at radius 2 is 1.40 bits per heavy atom. The summed E-state index contributed by atoms with van der Waals surface area (Å²) >= 11 is 0. The zero-order chi connectivity index (χ0) is 17.7. The molecule has 1 aromatic rings. The predicted molar refractivity (Wildman–Crippen MR) is 93.7 cm³/mol. The van der Waals surface area contributed by atoms with Crippen LogP contribution in [0.4, 0.5) is 0 Å². The number of rotatable bonds is 4. The molecule has 25 heavy (non-hydrogen) atoms. The summed E-state index contributed by atoms with van der Waals surface area (Å²) in [5.41, 5.74) is 0.652. The highest BCUT2D eigenvalue weighted by Gasteiger charge is 2.12. The summed E-state index contributed by atoms with van der Waals surface area (Å²) in [5, 5.41) is 0. The molecule has 0 radical (unpaired) electrons. The van der Waals surface area contributed by atoms with Gasteiger partial charge in [-0.15, -0.1) is 0 Å². The molecule has 6 heteroatoms. The third-order valence-corrected chi connectivity index (χ3v) is 3.74. The van der Waals surface area contributed by atoms with E-state index in [4.69, 9.17) is 23.7 Å². The van der Waals surface area contributed by atoms with E-state index < -0.39 is 0 Å². The summed E-state index contributed by atoms with van der Waals surface area (Å²) in [4.78, 5) is 12.2. The molecule has 0 atom stereocenters. The van der Waals surface area contributed by atoms with Crippen LogP contribution < -0.4 is 9.47 Å². The Kier molecular flexibility index (Phi) is 9.33. The molecule has 0 saturated carbocycles. The van der Waals surface area contributed by atoms with Crippen molar-refractivity contribution in [2.45, 2.75) is 26.2 Å². The molecule has 1 heterocycles. The average Bonchev–Trinajstić information content (AvgIpc) is 2.64. The first-order valence-corrected chi connectivity index (χ1v) is 8.97. The lowest BCUT2D eigenvalue weighted by atomic mass is 10.1. The monoisotopic (exact) mass is 352 g/mol. The molecule has 2 rings (SSSR count). The number of hydrogen-bond donors (Lipinski definition) is 0. The molecule has 0 amide bonds.